The smallest absolute Gasteiger partial charge is 0.341 e. The van der Waals surface area contributed by atoms with Gasteiger partial charge < -0.3 is 33.1 Å². The number of carboxylic acids is 2. The number of fused-ring (bicyclic) bond motifs is 4. The van der Waals surface area contributed by atoms with Crippen LogP contribution in [0.4, 0.5) is 17.6 Å². The zero-order valence-electron chi connectivity index (χ0n) is 22.0. The molecule has 10 N–H and O–H groups in total. The fourth-order valence-electron chi connectivity index (χ4n) is 5.13. The van der Waals surface area contributed by atoms with Crippen LogP contribution in [0.1, 0.15) is 47.0 Å². The lowest BCUT2D eigenvalue weighted by molar-refractivity contribution is 0.0688. The molecule has 0 bridgehead atoms. The molecule has 7 rings (SSSR count). The second-order valence-electron chi connectivity index (χ2n) is 9.22. The lowest BCUT2D eigenvalue weighted by atomic mass is 10.1. The van der Waals surface area contributed by atoms with E-state index in [1.807, 2.05) is 6.07 Å². The molecule has 0 aliphatic carbocycles. The van der Waals surface area contributed by atoms with Gasteiger partial charge in [-0.1, -0.05) is 47.0 Å². The Morgan fingerprint density at radius 2 is 1.13 bits per heavy atom. The van der Waals surface area contributed by atoms with E-state index < -0.39 is 34.9 Å². The topological polar surface area (TPSA) is 301 Å². The summed E-state index contributed by atoms with van der Waals surface area (Å²) in [5, 5.41) is 44.8. The van der Waals surface area contributed by atoms with E-state index in [0.717, 1.165) is 47.0 Å². The molecule has 0 fully saturated rings. The molecule has 5 aromatic rings. The molecule has 22 heteroatoms. The first-order valence-electron chi connectivity index (χ1n) is 12.1. The highest BCUT2D eigenvalue weighted by Gasteiger charge is 2.40. The first-order chi connectivity index (χ1) is 21.9. The van der Waals surface area contributed by atoms with Crippen LogP contribution in [-0.2, 0) is 0 Å². The van der Waals surface area contributed by atoms with E-state index in [1.54, 1.807) is 0 Å². The maximum Gasteiger partial charge on any atom is 0.341 e. The first kappa shape index (κ1) is 29.1. The van der Waals surface area contributed by atoms with E-state index in [9.17, 15) is 34.7 Å². The molecule has 4 aromatic heterocycles. The number of thioether (sulfide) groups is 4. The van der Waals surface area contributed by atoms with Crippen molar-refractivity contribution in [3.05, 3.63) is 49.9 Å². The van der Waals surface area contributed by atoms with Crippen LogP contribution < -0.4 is 33.6 Å². The highest BCUT2D eigenvalue weighted by atomic mass is 32.2. The van der Waals surface area contributed by atoms with Gasteiger partial charge in [-0.3, -0.25) is 18.4 Å². The van der Waals surface area contributed by atoms with Crippen molar-refractivity contribution in [1.82, 2.24) is 29.2 Å². The number of carboxylic acid groups (broad SMARTS) is 2. The monoisotopic (exact) mass is 690 g/mol. The number of nitrogen functional groups attached to an aromatic ring is 2. The largest absolute Gasteiger partial charge is 0.478 e. The Kier molecular flexibility index (Phi) is 6.26. The predicted octanol–water partition coefficient (Wildman–Crippen LogP) is 0.318. The number of amides is 2. The summed E-state index contributed by atoms with van der Waals surface area (Å²) in [5.41, 5.74) is 21.9. The average molecular weight is 691 g/mol. The maximum atomic E-state index is 13.1. The Bertz CT molecular complexity index is 2350. The van der Waals surface area contributed by atoms with E-state index in [1.165, 1.54) is 8.80 Å². The third kappa shape index (κ3) is 3.69. The number of nitriles is 1. The van der Waals surface area contributed by atoms with Crippen molar-refractivity contribution in [2.24, 2.45) is 11.5 Å². The van der Waals surface area contributed by atoms with Crippen molar-refractivity contribution in [2.45, 2.75) is 19.6 Å². The van der Waals surface area contributed by atoms with Gasteiger partial charge in [0, 0.05) is 19.6 Å². The van der Waals surface area contributed by atoms with E-state index in [0.29, 0.717) is 0 Å². The molecule has 1 aromatic carbocycles. The van der Waals surface area contributed by atoms with Crippen LogP contribution >= 0.6 is 47.0 Å². The average Bonchev–Trinajstić information content (AvgIpc) is 3.81. The summed E-state index contributed by atoms with van der Waals surface area (Å²) >= 11 is 3.74. The van der Waals surface area contributed by atoms with Crippen LogP contribution in [-0.4, -0.2) is 63.2 Å². The molecule has 6 heterocycles. The quantitative estimate of drug-likeness (QED) is 0.138. The molecule has 0 atom stereocenters. The molecule has 0 spiro atoms. The first-order valence-corrected chi connectivity index (χ1v) is 15.4. The summed E-state index contributed by atoms with van der Waals surface area (Å²) in [4.78, 5) is 54.6. The summed E-state index contributed by atoms with van der Waals surface area (Å²) < 4.78 is 2.92. The standard InChI is InChI=1S/C24H10N12O6S4/c1-30-8-5(20(41)42)18-32-34-24(29)36(18)10(8)22-45-13-6(15(26)37)11-12(7(16(27)38)14(13)46-22)44-21(43-11)9-3(2-25)4(19(39)40)17-31-33-23(28)35(9)17/h(H2,26,37)(H2,27,38)(H2,28,33)(H2,29,34)(H,39,40)(H,41,42). The maximum absolute atomic E-state index is 13.1. The van der Waals surface area contributed by atoms with Gasteiger partial charge in [-0.05, 0) is 0 Å². The number of aromatic nitrogens is 6. The van der Waals surface area contributed by atoms with Crippen LogP contribution in [0.25, 0.3) is 24.6 Å². The lowest BCUT2D eigenvalue weighted by Gasteiger charge is -2.12. The third-order valence-electron chi connectivity index (χ3n) is 6.85. The number of hydrogen-bond acceptors (Lipinski definition) is 15. The molecule has 0 saturated heterocycles. The van der Waals surface area contributed by atoms with Gasteiger partial charge in [0.05, 0.1) is 42.4 Å². The molecule has 0 radical (unpaired) electrons. The minimum Gasteiger partial charge on any atom is -0.478 e. The molecule has 46 heavy (non-hydrogen) atoms. The number of carbonyl (C=O) groups excluding carboxylic acids is 2. The van der Waals surface area contributed by atoms with E-state index in [2.05, 4.69) is 25.2 Å². The van der Waals surface area contributed by atoms with Crippen molar-refractivity contribution in [2.75, 3.05) is 11.5 Å². The second kappa shape index (κ2) is 9.91. The second-order valence-corrected chi connectivity index (χ2v) is 13.8. The molecular formula is C24H10N12O6S4. The number of hydrogen-bond donors (Lipinski definition) is 6. The number of nitrogens with two attached hydrogens (primary N) is 4. The Balaban J connectivity index is 1.54. The van der Waals surface area contributed by atoms with Crippen molar-refractivity contribution >= 4 is 108 Å². The molecule has 2 amide bonds. The zero-order valence-corrected chi connectivity index (χ0v) is 25.3. The van der Waals surface area contributed by atoms with Crippen LogP contribution in [0.15, 0.2) is 19.6 Å². The molecule has 226 valence electrons. The molecule has 2 aliphatic heterocycles. The van der Waals surface area contributed by atoms with Gasteiger partial charge in [0.2, 0.25) is 17.6 Å². The number of primary amides is 2. The number of rotatable bonds is 4. The van der Waals surface area contributed by atoms with E-state index in [4.69, 9.17) is 29.5 Å². The van der Waals surface area contributed by atoms with Crippen molar-refractivity contribution in [3.63, 3.8) is 0 Å². The van der Waals surface area contributed by atoms with Gasteiger partial charge in [0.1, 0.15) is 17.2 Å². The Morgan fingerprint density at radius 1 is 0.717 bits per heavy atom. The van der Waals surface area contributed by atoms with Crippen molar-refractivity contribution in [3.8, 4) is 6.07 Å². The van der Waals surface area contributed by atoms with Crippen molar-refractivity contribution < 1.29 is 29.4 Å². The van der Waals surface area contributed by atoms with E-state index in [-0.39, 0.29) is 84.3 Å². The normalized spacial score (nSPS) is 13.6. The number of nitrogens with zero attached hydrogens (tertiary/aromatic N) is 8. The number of carbonyl (C=O) groups is 4. The molecular weight excluding hydrogens is 681 g/mol. The Hall–Kier alpha value is -5.68. The third-order valence-corrected chi connectivity index (χ3v) is 12.1. The van der Waals surface area contributed by atoms with Gasteiger partial charge in [-0.15, -0.1) is 20.4 Å². The number of aromatic carboxylic acids is 2. The molecule has 18 nitrogen and oxygen atoms in total. The van der Waals surface area contributed by atoms with Crippen LogP contribution in [0, 0.1) is 17.9 Å². The highest BCUT2D eigenvalue weighted by Crippen LogP contribution is 2.63. The summed E-state index contributed by atoms with van der Waals surface area (Å²) in [5.74, 6) is -5.09. The SMILES string of the molecule is [C-]#[N+]c1c(C(=O)O)c2nnc(N)n2c1=C1Sc2c(c(C(N)=O)c3c(c2C(N)=O)SC(=c2c(C#N)c(C(=O)O)c4nnc(N)n24)S3)S1. The minimum absolute atomic E-state index is 0.0335. The fraction of sp³-hybridized carbons (Fsp3) is 0. The summed E-state index contributed by atoms with van der Waals surface area (Å²) in [7, 11) is 0. The fourth-order valence-corrected chi connectivity index (χ4v) is 11.0. The summed E-state index contributed by atoms with van der Waals surface area (Å²) in [6.45, 7) is 7.73. The number of anilines is 2. The van der Waals surface area contributed by atoms with Gasteiger partial charge in [0.15, 0.2) is 11.3 Å². The van der Waals surface area contributed by atoms with Gasteiger partial charge >= 0.3 is 11.9 Å². The minimum atomic E-state index is -1.45. The molecule has 2 aliphatic rings. The van der Waals surface area contributed by atoms with Gasteiger partial charge in [-0.25, -0.2) is 14.4 Å². The van der Waals surface area contributed by atoms with Gasteiger partial charge in [-0.2, -0.15) is 5.26 Å². The zero-order chi connectivity index (χ0) is 32.9. The molecule has 0 unspecified atom stereocenters. The van der Waals surface area contributed by atoms with Crippen molar-refractivity contribution in [1.29, 1.82) is 5.26 Å². The summed E-state index contributed by atoms with van der Waals surface area (Å²) in [6, 6.07) is 1.88. The van der Waals surface area contributed by atoms with Gasteiger partial charge in [0.25, 0.3) is 11.8 Å². The Morgan fingerprint density at radius 3 is 1.52 bits per heavy atom. The molecule has 0 saturated carbocycles. The highest BCUT2D eigenvalue weighted by molar-refractivity contribution is 8.33. The van der Waals surface area contributed by atoms with Crippen LogP contribution in [0.2, 0.25) is 0 Å². The summed E-state index contributed by atoms with van der Waals surface area (Å²) in [6.07, 6.45) is 0. The number of benzene rings is 1. The predicted molar refractivity (Wildman–Crippen MR) is 164 cm³/mol. The van der Waals surface area contributed by atoms with Crippen LogP contribution in [0.3, 0.4) is 0 Å². The van der Waals surface area contributed by atoms with E-state index >= 15 is 0 Å². The Labute approximate surface area is 269 Å². The lowest BCUT2D eigenvalue weighted by Crippen LogP contribution is -2.18. The van der Waals surface area contributed by atoms with Crippen LogP contribution in [0.5, 0.6) is 0 Å².